The Balaban J connectivity index is 2.84. The van der Waals surface area contributed by atoms with Gasteiger partial charge in [0.05, 0.1) is 11.6 Å². The zero-order valence-corrected chi connectivity index (χ0v) is 7.28. The molecule has 1 N–H and O–H groups in total. The summed E-state index contributed by atoms with van der Waals surface area (Å²) < 4.78 is 0. The number of aliphatic hydroxyl groups is 1. The van der Waals surface area contributed by atoms with E-state index < -0.39 is 6.10 Å². The maximum atomic E-state index is 8.89. The van der Waals surface area contributed by atoms with Crippen molar-refractivity contribution in [3.8, 4) is 17.9 Å². The average Bonchev–Trinajstić information content (AvgIpc) is 2.15. The molecule has 2 nitrogen and oxygen atoms in total. The van der Waals surface area contributed by atoms with Crippen LogP contribution in [-0.2, 0) is 0 Å². The molecule has 1 rings (SSSR count). The van der Waals surface area contributed by atoms with Crippen LogP contribution in [-0.4, -0.2) is 11.2 Å². The van der Waals surface area contributed by atoms with Crippen molar-refractivity contribution in [2.24, 2.45) is 0 Å². The van der Waals surface area contributed by atoms with Gasteiger partial charge in [-0.2, -0.15) is 5.26 Å². The lowest BCUT2D eigenvalue weighted by Crippen LogP contribution is -1.92. The van der Waals surface area contributed by atoms with Crippen LogP contribution in [0, 0.1) is 23.2 Å². The Kier molecular flexibility index (Phi) is 3.09. The van der Waals surface area contributed by atoms with Crippen LogP contribution in [0.2, 0.25) is 0 Å². The SMILES string of the molecule is C[C@@H](O)C#Cc1ccc(C#N)cc1. The van der Waals surface area contributed by atoms with Gasteiger partial charge in [-0.05, 0) is 31.2 Å². The highest BCUT2D eigenvalue weighted by molar-refractivity contribution is 5.40. The van der Waals surface area contributed by atoms with Crippen LogP contribution in [0.1, 0.15) is 18.1 Å². The van der Waals surface area contributed by atoms with Crippen molar-refractivity contribution >= 4 is 0 Å². The molecule has 1 aromatic carbocycles. The predicted molar refractivity (Wildman–Crippen MR) is 49.7 cm³/mol. The van der Waals surface area contributed by atoms with Crippen molar-refractivity contribution in [1.82, 2.24) is 0 Å². The van der Waals surface area contributed by atoms with Crippen LogP contribution < -0.4 is 0 Å². The molecule has 0 aliphatic carbocycles. The van der Waals surface area contributed by atoms with Crippen molar-refractivity contribution in [1.29, 1.82) is 5.26 Å². The lowest BCUT2D eigenvalue weighted by atomic mass is 10.1. The van der Waals surface area contributed by atoms with Gasteiger partial charge in [0.15, 0.2) is 0 Å². The summed E-state index contributed by atoms with van der Waals surface area (Å²) in [4.78, 5) is 0. The fourth-order valence-corrected chi connectivity index (χ4v) is 0.816. The summed E-state index contributed by atoms with van der Waals surface area (Å²) in [6.45, 7) is 1.61. The van der Waals surface area contributed by atoms with E-state index in [4.69, 9.17) is 10.4 Å². The molecule has 1 aromatic rings. The standard InChI is InChI=1S/C11H9NO/c1-9(13)2-3-10-4-6-11(8-12)7-5-10/h4-7,9,13H,1H3/t9-/m1/s1. The Morgan fingerprint density at radius 2 is 1.77 bits per heavy atom. The Hall–Kier alpha value is -1.77. The lowest BCUT2D eigenvalue weighted by molar-refractivity contribution is 0.253. The molecule has 0 aromatic heterocycles. The number of benzene rings is 1. The molecule has 2 heteroatoms. The van der Waals surface area contributed by atoms with Crippen LogP contribution in [0.15, 0.2) is 24.3 Å². The van der Waals surface area contributed by atoms with E-state index in [0.29, 0.717) is 5.56 Å². The Bertz CT molecular complexity index is 373. The minimum absolute atomic E-state index is 0.614. The zero-order valence-electron chi connectivity index (χ0n) is 7.28. The van der Waals surface area contributed by atoms with E-state index >= 15 is 0 Å². The molecule has 0 saturated heterocycles. The molecule has 0 bridgehead atoms. The van der Waals surface area contributed by atoms with Crippen molar-refractivity contribution in [2.45, 2.75) is 13.0 Å². The van der Waals surface area contributed by atoms with E-state index in [1.807, 2.05) is 6.07 Å². The number of nitrogens with zero attached hydrogens (tertiary/aromatic N) is 1. The van der Waals surface area contributed by atoms with Gasteiger partial charge in [-0.3, -0.25) is 0 Å². The number of nitriles is 1. The molecule has 0 fully saturated rings. The Labute approximate surface area is 77.4 Å². The van der Waals surface area contributed by atoms with Crippen molar-refractivity contribution in [3.63, 3.8) is 0 Å². The molecule has 0 unspecified atom stereocenters. The minimum atomic E-state index is -0.615. The molecular weight excluding hydrogens is 162 g/mol. The molecule has 0 heterocycles. The highest BCUT2D eigenvalue weighted by atomic mass is 16.3. The first kappa shape index (κ1) is 9.32. The number of rotatable bonds is 0. The largest absolute Gasteiger partial charge is 0.381 e. The Morgan fingerprint density at radius 3 is 2.23 bits per heavy atom. The van der Waals surface area contributed by atoms with Crippen molar-refractivity contribution in [3.05, 3.63) is 35.4 Å². The second-order valence-corrected chi connectivity index (χ2v) is 2.63. The highest BCUT2D eigenvalue weighted by Crippen LogP contribution is 2.01. The van der Waals surface area contributed by atoms with Crippen LogP contribution in [0.4, 0.5) is 0 Å². The van der Waals surface area contributed by atoms with E-state index in [1.54, 1.807) is 31.2 Å². The molecule has 0 saturated carbocycles. The smallest absolute Gasteiger partial charge is 0.112 e. The molecule has 0 aliphatic heterocycles. The van der Waals surface area contributed by atoms with Crippen molar-refractivity contribution in [2.75, 3.05) is 0 Å². The number of hydrogen-bond donors (Lipinski definition) is 1. The maximum absolute atomic E-state index is 8.89. The highest BCUT2D eigenvalue weighted by Gasteiger charge is 1.89. The van der Waals surface area contributed by atoms with Gasteiger partial charge in [0, 0.05) is 5.56 Å². The summed E-state index contributed by atoms with van der Waals surface area (Å²) in [5.74, 6) is 5.41. The predicted octanol–water partition coefficient (Wildman–Crippen LogP) is 1.29. The van der Waals surface area contributed by atoms with Crippen LogP contribution >= 0.6 is 0 Å². The number of hydrogen-bond acceptors (Lipinski definition) is 2. The van der Waals surface area contributed by atoms with E-state index in [0.717, 1.165) is 5.56 Å². The van der Waals surface area contributed by atoms with Gasteiger partial charge >= 0.3 is 0 Å². The summed E-state index contributed by atoms with van der Waals surface area (Å²) in [6, 6.07) is 8.94. The van der Waals surface area contributed by atoms with Gasteiger partial charge in [0.2, 0.25) is 0 Å². The second kappa shape index (κ2) is 4.30. The topological polar surface area (TPSA) is 44.0 Å². The fraction of sp³-hybridized carbons (Fsp3) is 0.182. The average molecular weight is 171 g/mol. The second-order valence-electron chi connectivity index (χ2n) is 2.63. The molecule has 0 amide bonds. The quantitative estimate of drug-likeness (QED) is 0.598. The van der Waals surface area contributed by atoms with Gasteiger partial charge in [0.25, 0.3) is 0 Å². The maximum Gasteiger partial charge on any atom is 0.112 e. The van der Waals surface area contributed by atoms with Gasteiger partial charge in [0.1, 0.15) is 6.10 Å². The van der Waals surface area contributed by atoms with E-state index in [9.17, 15) is 0 Å². The first-order chi connectivity index (χ1) is 6.22. The van der Waals surface area contributed by atoms with E-state index in [-0.39, 0.29) is 0 Å². The van der Waals surface area contributed by atoms with Gasteiger partial charge in [-0.1, -0.05) is 11.8 Å². The molecule has 1 atom stereocenters. The summed E-state index contributed by atoms with van der Waals surface area (Å²) in [7, 11) is 0. The fourth-order valence-electron chi connectivity index (χ4n) is 0.816. The number of aliphatic hydroxyl groups excluding tert-OH is 1. The molecular formula is C11H9NO. The summed E-state index contributed by atoms with van der Waals surface area (Å²) in [6.07, 6.45) is -0.615. The third kappa shape index (κ3) is 2.99. The third-order valence-electron chi connectivity index (χ3n) is 1.44. The third-order valence-corrected chi connectivity index (χ3v) is 1.44. The summed E-state index contributed by atoms with van der Waals surface area (Å²) in [5, 5.41) is 17.4. The van der Waals surface area contributed by atoms with Crippen molar-refractivity contribution < 1.29 is 5.11 Å². The summed E-state index contributed by atoms with van der Waals surface area (Å²) >= 11 is 0. The molecule has 0 spiro atoms. The monoisotopic (exact) mass is 171 g/mol. The first-order valence-electron chi connectivity index (χ1n) is 3.92. The van der Waals surface area contributed by atoms with Crippen LogP contribution in [0.25, 0.3) is 0 Å². The van der Waals surface area contributed by atoms with Crippen LogP contribution in [0.3, 0.4) is 0 Å². The molecule has 0 radical (unpaired) electrons. The zero-order chi connectivity index (χ0) is 9.68. The molecule has 64 valence electrons. The van der Waals surface area contributed by atoms with E-state index in [1.165, 1.54) is 0 Å². The Morgan fingerprint density at radius 1 is 1.23 bits per heavy atom. The normalized spacial score (nSPS) is 10.8. The van der Waals surface area contributed by atoms with Gasteiger partial charge < -0.3 is 5.11 Å². The van der Waals surface area contributed by atoms with Gasteiger partial charge in [-0.25, -0.2) is 0 Å². The molecule has 13 heavy (non-hydrogen) atoms. The first-order valence-corrected chi connectivity index (χ1v) is 3.92. The van der Waals surface area contributed by atoms with E-state index in [2.05, 4.69) is 11.8 Å². The lowest BCUT2D eigenvalue weighted by Gasteiger charge is -1.91. The summed E-state index contributed by atoms with van der Waals surface area (Å²) in [5.41, 5.74) is 1.42. The van der Waals surface area contributed by atoms with Crippen LogP contribution in [0.5, 0.6) is 0 Å². The molecule has 0 aliphatic rings. The minimum Gasteiger partial charge on any atom is -0.381 e. The van der Waals surface area contributed by atoms with Gasteiger partial charge in [-0.15, -0.1) is 0 Å².